The molecule has 1 aromatic heterocycles. The van der Waals surface area contributed by atoms with Crippen molar-refractivity contribution in [2.24, 2.45) is 5.73 Å². The van der Waals surface area contributed by atoms with Crippen LogP contribution in [-0.4, -0.2) is 11.8 Å². The number of rotatable bonds is 4. The quantitative estimate of drug-likeness (QED) is 0.690. The molecule has 0 fully saturated rings. The lowest BCUT2D eigenvalue weighted by Gasteiger charge is -2.06. The van der Waals surface area contributed by atoms with Crippen molar-refractivity contribution in [3.63, 3.8) is 0 Å². The Balaban J connectivity index is 2.09. The topological polar surface area (TPSA) is 85.3 Å². The van der Waals surface area contributed by atoms with Gasteiger partial charge in [-0.1, -0.05) is 12.1 Å². The normalized spacial score (nSPS) is 10.8. The van der Waals surface area contributed by atoms with Crippen molar-refractivity contribution in [3.8, 4) is 0 Å². The molecule has 25 heavy (non-hydrogen) atoms. The number of alkyl halides is 1. The van der Waals surface area contributed by atoms with Crippen LogP contribution in [0.5, 0.6) is 0 Å². The number of halogens is 3. The minimum atomic E-state index is -1.03. The first-order valence-electron chi connectivity index (χ1n) is 7.08. The van der Waals surface area contributed by atoms with Crippen LogP contribution in [0.2, 0.25) is 0 Å². The predicted molar refractivity (Wildman–Crippen MR) is 88.6 cm³/mol. The molecule has 0 atom stereocenters. The van der Waals surface area contributed by atoms with Crippen LogP contribution in [0.3, 0.4) is 0 Å². The van der Waals surface area contributed by atoms with Crippen LogP contribution in [0, 0.1) is 11.6 Å². The number of nitrogens with one attached hydrogen (secondary N) is 1. The van der Waals surface area contributed by atoms with E-state index in [1.54, 1.807) is 18.2 Å². The monoisotopic (exact) mass is 364 g/mol. The van der Waals surface area contributed by atoms with Gasteiger partial charge in [-0.3, -0.25) is 9.59 Å². The zero-order valence-corrected chi connectivity index (χ0v) is 13.4. The van der Waals surface area contributed by atoms with Gasteiger partial charge in [0.25, 0.3) is 11.8 Å². The van der Waals surface area contributed by atoms with E-state index < -0.39 is 29.2 Å². The van der Waals surface area contributed by atoms with E-state index in [1.807, 2.05) is 0 Å². The summed E-state index contributed by atoms with van der Waals surface area (Å²) in [4.78, 5) is 24.0. The fraction of sp³-hybridized carbons (Fsp3) is 0.0588. The van der Waals surface area contributed by atoms with Crippen molar-refractivity contribution in [1.29, 1.82) is 0 Å². The third-order valence-electron chi connectivity index (χ3n) is 3.51. The standard InChI is InChI=1S/C17H11ClF2N2O3/c18-7-8-2-1-3-9(4-8)17(24)22-13-11-5-10(19)6-12(20)14(11)25-15(13)16(21)23/h1-6H,7H2,(H2,21,23)(H,22,24). The van der Waals surface area contributed by atoms with E-state index in [0.717, 1.165) is 6.07 Å². The second-order valence-electron chi connectivity index (χ2n) is 5.22. The number of amides is 2. The SMILES string of the molecule is NC(=O)c1oc2c(F)cc(F)cc2c1NC(=O)c1cccc(CCl)c1. The number of carbonyl (C=O) groups is 2. The second-order valence-corrected chi connectivity index (χ2v) is 5.49. The molecule has 0 aliphatic carbocycles. The molecule has 0 unspecified atom stereocenters. The van der Waals surface area contributed by atoms with Gasteiger partial charge >= 0.3 is 0 Å². The van der Waals surface area contributed by atoms with Gasteiger partial charge in [-0.25, -0.2) is 8.78 Å². The molecule has 2 amide bonds. The van der Waals surface area contributed by atoms with Gasteiger partial charge in [0.15, 0.2) is 11.4 Å². The molecule has 0 radical (unpaired) electrons. The number of hydrogen-bond acceptors (Lipinski definition) is 3. The van der Waals surface area contributed by atoms with Gasteiger partial charge in [0.05, 0.1) is 5.39 Å². The number of furan rings is 1. The average molecular weight is 365 g/mol. The molecule has 8 heteroatoms. The molecule has 0 saturated heterocycles. The molecule has 3 N–H and O–H groups in total. The van der Waals surface area contributed by atoms with Gasteiger partial charge in [-0.2, -0.15) is 0 Å². The van der Waals surface area contributed by atoms with E-state index in [0.29, 0.717) is 11.6 Å². The predicted octanol–water partition coefficient (Wildman–Crippen LogP) is 3.80. The summed E-state index contributed by atoms with van der Waals surface area (Å²) in [6.45, 7) is 0. The third kappa shape index (κ3) is 3.18. The average Bonchev–Trinajstić information content (AvgIpc) is 2.94. The molecule has 1 heterocycles. The molecule has 2 aromatic carbocycles. The number of nitrogens with two attached hydrogens (primary N) is 1. The maximum Gasteiger partial charge on any atom is 0.286 e. The third-order valence-corrected chi connectivity index (χ3v) is 3.82. The molecule has 0 aliphatic heterocycles. The molecule has 128 valence electrons. The zero-order chi connectivity index (χ0) is 18.1. The minimum Gasteiger partial charge on any atom is -0.446 e. The lowest BCUT2D eigenvalue weighted by atomic mass is 10.1. The van der Waals surface area contributed by atoms with Crippen LogP contribution in [0.25, 0.3) is 11.0 Å². The van der Waals surface area contributed by atoms with E-state index >= 15 is 0 Å². The Morgan fingerprint density at radius 3 is 2.64 bits per heavy atom. The summed E-state index contributed by atoms with van der Waals surface area (Å²) in [6, 6.07) is 7.99. The Morgan fingerprint density at radius 1 is 1.20 bits per heavy atom. The van der Waals surface area contributed by atoms with Crippen molar-refractivity contribution >= 4 is 40.1 Å². The first kappa shape index (κ1) is 16.9. The summed E-state index contributed by atoms with van der Waals surface area (Å²) in [5.41, 5.74) is 5.60. The Hall–Kier alpha value is -2.93. The first-order chi connectivity index (χ1) is 11.9. The van der Waals surface area contributed by atoms with Gasteiger partial charge in [0.1, 0.15) is 11.5 Å². The van der Waals surface area contributed by atoms with E-state index in [4.69, 9.17) is 21.8 Å². The summed E-state index contributed by atoms with van der Waals surface area (Å²) in [5, 5.41) is 2.32. The lowest BCUT2D eigenvalue weighted by molar-refractivity contribution is 0.0977. The minimum absolute atomic E-state index is 0.104. The smallest absolute Gasteiger partial charge is 0.286 e. The maximum absolute atomic E-state index is 13.8. The number of carbonyl (C=O) groups excluding carboxylic acids is 2. The van der Waals surface area contributed by atoms with E-state index in [1.165, 1.54) is 6.07 Å². The van der Waals surface area contributed by atoms with Gasteiger partial charge < -0.3 is 15.5 Å². The van der Waals surface area contributed by atoms with Crippen molar-refractivity contribution in [2.45, 2.75) is 5.88 Å². The largest absolute Gasteiger partial charge is 0.446 e. The van der Waals surface area contributed by atoms with Crippen LogP contribution in [0.4, 0.5) is 14.5 Å². The number of hydrogen-bond donors (Lipinski definition) is 2. The van der Waals surface area contributed by atoms with E-state index in [2.05, 4.69) is 5.32 Å². The highest BCUT2D eigenvalue weighted by atomic mass is 35.5. The Bertz CT molecular complexity index is 1000. The highest BCUT2D eigenvalue weighted by Crippen LogP contribution is 2.33. The number of anilines is 1. The van der Waals surface area contributed by atoms with Gasteiger partial charge in [0, 0.05) is 17.5 Å². The van der Waals surface area contributed by atoms with Crippen molar-refractivity contribution in [2.75, 3.05) is 5.32 Å². The van der Waals surface area contributed by atoms with E-state index in [-0.39, 0.29) is 28.1 Å². The molecule has 3 aromatic rings. The fourth-order valence-electron chi connectivity index (χ4n) is 2.40. The summed E-state index contributed by atoms with van der Waals surface area (Å²) in [7, 11) is 0. The Morgan fingerprint density at radius 2 is 1.96 bits per heavy atom. The second kappa shape index (κ2) is 6.52. The zero-order valence-electron chi connectivity index (χ0n) is 12.6. The molecule has 0 aliphatic rings. The summed E-state index contributed by atoms with van der Waals surface area (Å²) < 4.78 is 32.4. The summed E-state index contributed by atoms with van der Waals surface area (Å²) in [5.74, 6) is -3.80. The first-order valence-corrected chi connectivity index (χ1v) is 7.61. The summed E-state index contributed by atoms with van der Waals surface area (Å²) >= 11 is 5.73. The highest BCUT2D eigenvalue weighted by Gasteiger charge is 2.23. The molecule has 5 nitrogen and oxygen atoms in total. The lowest BCUT2D eigenvalue weighted by Crippen LogP contribution is -2.17. The molecule has 0 saturated carbocycles. The molecule has 0 bridgehead atoms. The molecular formula is C17H11ClF2N2O3. The number of fused-ring (bicyclic) bond motifs is 1. The van der Waals surface area contributed by atoms with E-state index in [9.17, 15) is 18.4 Å². The Kier molecular flexibility index (Phi) is 4.41. The van der Waals surface area contributed by atoms with Crippen molar-refractivity contribution < 1.29 is 22.8 Å². The van der Waals surface area contributed by atoms with Crippen LogP contribution >= 0.6 is 11.6 Å². The van der Waals surface area contributed by atoms with Crippen LogP contribution < -0.4 is 11.1 Å². The van der Waals surface area contributed by atoms with Crippen LogP contribution in [-0.2, 0) is 5.88 Å². The van der Waals surface area contributed by atoms with Gasteiger partial charge in [-0.15, -0.1) is 11.6 Å². The van der Waals surface area contributed by atoms with Crippen molar-refractivity contribution in [1.82, 2.24) is 0 Å². The highest BCUT2D eigenvalue weighted by molar-refractivity contribution is 6.17. The maximum atomic E-state index is 13.8. The Labute approximate surface area is 145 Å². The molecule has 3 rings (SSSR count). The van der Waals surface area contributed by atoms with Crippen molar-refractivity contribution in [3.05, 3.63) is 64.9 Å². The van der Waals surface area contributed by atoms with Crippen LogP contribution in [0.1, 0.15) is 26.5 Å². The molecule has 0 spiro atoms. The van der Waals surface area contributed by atoms with Gasteiger partial charge in [0.2, 0.25) is 5.76 Å². The number of benzene rings is 2. The fourth-order valence-corrected chi connectivity index (χ4v) is 2.57. The summed E-state index contributed by atoms with van der Waals surface area (Å²) in [6.07, 6.45) is 0. The van der Waals surface area contributed by atoms with Gasteiger partial charge in [-0.05, 0) is 23.8 Å². The molecular weight excluding hydrogens is 354 g/mol. The van der Waals surface area contributed by atoms with Crippen LogP contribution in [0.15, 0.2) is 40.8 Å². The number of primary amides is 1.